The number of hydrogen-bond donors (Lipinski definition) is 0. The Hall–Kier alpha value is -0.860. The molecule has 0 radical (unpaired) electrons. The standard InChI is InChI=1S/C11H18O3/c1-9(2,3)11(10(4,5)6)7(12)14-8(11)13/h1-6H3. The summed E-state index contributed by atoms with van der Waals surface area (Å²) in [6.07, 6.45) is 0. The lowest BCUT2D eigenvalue weighted by molar-refractivity contribution is -0.221. The molecule has 80 valence electrons. The van der Waals surface area contributed by atoms with Crippen LogP contribution in [0.2, 0.25) is 0 Å². The third-order valence-corrected chi connectivity index (χ3v) is 3.05. The largest absolute Gasteiger partial charge is 0.391 e. The zero-order valence-electron chi connectivity index (χ0n) is 9.72. The normalized spacial score (nSPS) is 21.6. The fourth-order valence-electron chi connectivity index (χ4n) is 2.62. The molecule has 0 bridgehead atoms. The van der Waals surface area contributed by atoms with Crippen LogP contribution in [-0.2, 0) is 14.3 Å². The topological polar surface area (TPSA) is 43.4 Å². The second-order valence-corrected chi connectivity index (χ2v) is 5.93. The second kappa shape index (κ2) is 2.59. The fraction of sp³-hybridized carbons (Fsp3) is 0.818. The summed E-state index contributed by atoms with van der Waals surface area (Å²) in [6.45, 7) is 11.4. The molecule has 0 atom stereocenters. The molecule has 0 aliphatic carbocycles. The van der Waals surface area contributed by atoms with Gasteiger partial charge in [-0.1, -0.05) is 41.5 Å². The molecule has 0 N–H and O–H groups in total. The van der Waals surface area contributed by atoms with Gasteiger partial charge in [0.1, 0.15) is 0 Å². The van der Waals surface area contributed by atoms with Crippen LogP contribution in [0.1, 0.15) is 41.5 Å². The van der Waals surface area contributed by atoms with Crippen LogP contribution < -0.4 is 0 Å². The summed E-state index contributed by atoms with van der Waals surface area (Å²) >= 11 is 0. The first-order valence-corrected chi connectivity index (χ1v) is 4.82. The maximum absolute atomic E-state index is 11.6. The van der Waals surface area contributed by atoms with Crippen LogP contribution in [0.25, 0.3) is 0 Å². The molecular weight excluding hydrogens is 180 g/mol. The molecule has 0 unspecified atom stereocenters. The van der Waals surface area contributed by atoms with Crippen molar-refractivity contribution in [1.29, 1.82) is 0 Å². The van der Waals surface area contributed by atoms with Crippen LogP contribution in [0.4, 0.5) is 0 Å². The molecule has 1 aliphatic rings. The van der Waals surface area contributed by atoms with E-state index in [1.165, 1.54) is 0 Å². The Bertz CT molecular complexity index is 259. The van der Waals surface area contributed by atoms with Gasteiger partial charge in [0.25, 0.3) is 0 Å². The van der Waals surface area contributed by atoms with Gasteiger partial charge in [-0.2, -0.15) is 0 Å². The van der Waals surface area contributed by atoms with E-state index in [4.69, 9.17) is 0 Å². The Morgan fingerprint density at radius 2 is 1.14 bits per heavy atom. The Kier molecular flexibility index (Phi) is 2.07. The predicted octanol–water partition coefficient (Wildman–Crippen LogP) is 2.15. The smallest absolute Gasteiger partial charge is 0.332 e. The molecule has 1 aliphatic heterocycles. The van der Waals surface area contributed by atoms with Crippen LogP contribution in [0.5, 0.6) is 0 Å². The van der Waals surface area contributed by atoms with Crippen molar-refractivity contribution in [3.8, 4) is 0 Å². The molecule has 0 amide bonds. The summed E-state index contributed by atoms with van der Waals surface area (Å²) in [5.74, 6) is -0.773. The number of hydrogen-bond acceptors (Lipinski definition) is 3. The molecule has 1 rings (SSSR count). The molecule has 1 saturated heterocycles. The number of rotatable bonds is 0. The van der Waals surface area contributed by atoms with E-state index in [0.29, 0.717) is 0 Å². The predicted molar refractivity (Wildman–Crippen MR) is 52.4 cm³/mol. The lowest BCUT2D eigenvalue weighted by atomic mass is 9.52. The van der Waals surface area contributed by atoms with Crippen LogP contribution in [0.15, 0.2) is 0 Å². The van der Waals surface area contributed by atoms with Gasteiger partial charge in [-0.05, 0) is 10.8 Å². The van der Waals surface area contributed by atoms with E-state index in [-0.39, 0.29) is 11.9 Å². The summed E-state index contributed by atoms with van der Waals surface area (Å²) in [4.78, 5) is 23.2. The zero-order valence-corrected chi connectivity index (χ0v) is 9.72. The van der Waals surface area contributed by atoms with Crippen molar-refractivity contribution in [3.05, 3.63) is 0 Å². The monoisotopic (exact) mass is 198 g/mol. The third-order valence-electron chi connectivity index (χ3n) is 3.05. The third kappa shape index (κ3) is 1.04. The van der Waals surface area contributed by atoms with Gasteiger partial charge >= 0.3 is 11.9 Å². The lowest BCUT2D eigenvalue weighted by Gasteiger charge is -2.53. The van der Waals surface area contributed by atoms with E-state index in [1.807, 2.05) is 41.5 Å². The van der Waals surface area contributed by atoms with Gasteiger partial charge in [0.2, 0.25) is 0 Å². The molecule has 0 aromatic rings. The van der Waals surface area contributed by atoms with E-state index in [9.17, 15) is 9.59 Å². The Labute approximate surface area is 84.8 Å². The summed E-state index contributed by atoms with van der Waals surface area (Å²) < 4.78 is 4.53. The van der Waals surface area contributed by atoms with E-state index >= 15 is 0 Å². The minimum absolute atomic E-state index is 0.387. The minimum atomic E-state index is -0.986. The number of carbonyl (C=O) groups excluding carboxylic acids is 2. The molecule has 0 aromatic heterocycles. The summed E-state index contributed by atoms with van der Waals surface area (Å²) in [6, 6.07) is 0. The molecule has 0 spiro atoms. The van der Waals surface area contributed by atoms with Crippen molar-refractivity contribution in [2.24, 2.45) is 16.2 Å². The van der Waals surface area contributed by atoms with E-state index < -0.39 is 16.2 Å². The van der Waals surface area contributed by atoms with Gasteiger partial charge in [0.05, 0.1) is 0 Å². The number of carbonyl (C=O) groups is 2. The molecule has 3 nitrogen and oxygen atoms in total. The molecule has 0 saturated carbocycles. The quantitative estimate of drug-likeness (QED) is 0.442. The summed E-state index contributed by atoms with van der Waals surface area (Å²) in [5.41, 5.74) is -1.80. The zero-order chi connectivity index (χ0) is 11.4. The first-order valence-electron chi connectivity index (χ1n) is 4.82. The molecular formula is C11H18O3. The van der Waals surface area contributed by atoms with Crippen molar-refractivity contribution in [2.45, 2.75) is 41.5 Å². The lowest BCUT2D eigenvalue weighted by Crippen LogP contribution is -2.66. The SMILES string of the molecule is CC(C)(C)C1(C(C)(C)C)C(=O)OC1=O. The first-order chi connectivity index (χ1) is 6.05. The second-order valence-electron chi connectivity index (χ2n) is 5.93. The van der Waals surface area contributed by atoms with Gasteiger partial charge in [-0.3, -0.25) is 9.59 Å². The van der Waals surface area contributed by atoms with Crippen molar-refractivity contribution in [3.63, 3.8) is 0 Å². The van der Waals surface area contributed by atoms with Crippen molar-refractivity contribution >= 4 is 11.9 Å². The van der Waals surface area contributed by atoms with Gasteiger partial charge in [-0.25, -0.2) is 0 Å². The van der Waals surface area contributed by atoms with Crippen molar-refractivity contribution in [1.82, 2.24) is 0 Å². The van der Waals surface area contributed by atoms with Gasteiger partial charge < -0.3 is 4.74 Å². The summed E-state index contributed by atoms with van der Waals surface area (Å²) in [5, 5.41) is 0. The number of ether oxygens (including phenoxy) is 1. The molecule has 3 heteroatoms. The minimum Gasteiger partial charge on any atom is -0.391 e. The highest BCUT2D eigenvalue weighted by Gasteiger charge is 2.71. The molecule has 1 heterocycles. The molecule has 0 aromatic carbocycles. The highest BCUT2D eigenvalue weighted by Crippen LogP contribution is 2.57. The highest BCUT2D eigenvalue weighted by molar-refractivity contribution is 6.15. The summed E-state index contributed by atoms with van der Waals surface area (Å²) in [7, 11) is 0. The van der Waals surface area contributed by atoms with Crippen LogP contribution >= 0.6 is 0 Å². The highest BCUT2D eigenvalue weighted by atomic mass is 16.6. The fourth-order valence-corrected chi connectivity index (χ4v) is 2.62. The van der Waals surface area contributed by atoms with E-state index in [1.54, 1.807) is 0 Å². The average molecular weight is 198 g/mol. The van der Waals surface area contributed by atoms with Crippen LogP contribution in [0, 0.1) is 16.2 Å². The Morgan fingerprint density at radius 3 is 1.21 bits per heavy atom. The van der Waals surface area contributed by atoms with E-state index in [2.05, 4.69) is 4.74 Å². The van der Waals surface area contributed by atoms with Crippen molar-refractivity contribution in [2.75, 3.05) is 0 Å². The van der Waals surface area contributed by atoms with Gasteiger partial charge in [0, 0.05) is 0 Å². The molecule has 14 heavy (non-hydrogen) atoms. The maximum Gasteiger partial charge on any atom is 0.332 e. The van der Waals surface area contributed by atoms with Gasteiger partial charge in [-0.15, -0.1) is 0 Å². The Balaban J connectivity index is 3.32. The first kappa shape index (κ1) is 11.2. The van der Waals surface area contributed by atoms with Gasteiger partial charge in [0.15, 0.2) is 5.41 Å². The molecule has 1 fully saturated rings. The Morgan fingerprint density at radius 1 is 0.857 bits per heavy atom. The number of cyclic esters (lactones) is 2. The van der Waals surface area contributed by atoms with Crippen LogP contribution in [-0.4, -0.2) is 11.9 Å². The van der Waals surface area contributed by atoms with Crippen molar-refractivity contribution < 1.29 is 14.3 Å². The number of esters is 2. The van der Waals surface area contributed by atoms with Crippen LogP contribution in [0.3, 0.4) is 0 Å². The average Bonchev–Trinajstić information content (AvgIpc) is 1.78. The van der Waals surface area contributed by atoms with E-state index in [0.717, 1.165) is 0 Å². The maximum atomic E-state index is 11.6.